The van der Waals surface area contributed by atoms with Crippen LogP contribution in [0.1, 0.15) is 18.0 Å². The average Bonchev–Trinajstić information content (AvgIpc) is 3.04. The Morgan fingerprint density at radius 2 is 1.62 bits per heavy atom. The van der Waals surface area contributed by atoms with Crippen molar-refractivity contribution in [3.63, 3.8) is 0 Å². The van der Waals surface area contributed by atoms with Gasteiger partial charge in [-0.2, -0.15) is 18.3 Å². The molecule has 0 saturated heterocycles. The molecule has 1 aliphatic heterocycles. The van der Waals surface area contributed by atoms with E-state index in [1.54, 1.807) is 24.3 Å². The molecule has 2 aromatic carbocycles. The van der Waals surface area contributed by atoms with Crippen LogP contribution in [0, 0.1) is 0 Å². The molecule has 0 aromatic heterocycles. The van der Waals surface area contributed by atoms with E-state index in [0.29, 0.717) is 11.4 Å². The third-order valence-corrected chi connectivity index (χ3v) is 3.58. The summed E-state index contributed by atoms with van der Waals surface area (Å²) in [6, 6.07) is 15.2. The third kappa shape index (κ3) is 3.86. The van der Waals surface area contributed by atoms with E-state index in [-0.39, 0.29) is 6.42 Å². The van der Waals surface area contributed by atoms with E-state index in [1.807, 2.05) is 30.3 Å². The number of anilines is 2. The van der Waals surface area contributed by atoms with E-state index < -0.39 is 17.9 Å². The quantitative estimate of drug-likeness (QED) is 0.821. The van der Waals surface area contributed by atoms with E-state index in [2.05, 4.69) is 5.10 Å². The second-order valence-corrected chi connectivity index (χ2v) is 5.11. The van der Waals surface area contributed by atoms with Gasteiger partial charge in [-0.3, -0.25) is 5.01 Å². The van der Waals surface area contributed by atoms with Crippen LogP contribution in [0.15, 0.2) is 59.7 Å². The fourth-order valence-corrected chi connectivity index (χ4v) is 2.48. The smallest absolute Gasteiger partial charge is 0.400 e. The number of hydrogen-bond acceptors (Lipinski definition) is 4. The summed E-state index contributed by atoms with van der Waals surface area (Å²) in [5.74, 6) is 0. The Morgan fingerprint density at radius 3 is 2.17 bits per heavy atom. The zero-order chi connectivity index (χ0) is 17.7. The number of hydrogen-bond donors (Lipinski definition) is 2. The van der Waals surface area contributed by atoms with Crippen molar-refractivity contribution >= 4 is 17.1 Å². The highest BCUT2D eigenvalue weighted by atomic mass is 19.4. The lowest BCUT2D eigenvalue weighted by molar-refractivity contribution is -0.0600. The summed E-state index contributed by atoms with van der Waals surface area (Å²) in [7, 11) is 1.00. The number of rotatable bonds is 2. The van der Waals surface area contributed by atoms with Gasteiger partial charge in [0.2, 0.25) is 0 Å². The van der Waals surface area contributed by atoms with Gasteiger partial charge in [-0.1, -0.05) is 30.3 Å². The van der Waals surface area contributed by atoms with Crippen molar-refractivity contribution in [3.8, 4) is 0 Å². The van der Waals surface area contributed by atoms with Crippen LogP contribution in [0.3, 0.4) is 0 Å². The van der Waals surface area contributed by atoms with Crippen molar-refractivity contribution in [1.82, 2.24) is 0 Å². The second kappa shape index (κ2) is 7.35. The molecule has 0 amide bonds. The lowest BCUT2D eigenvalue weighted by Gasteiger charge is -2.24. The summed E-state index contributed by atoms with van der Waals surface area (Å²) in [6.07, 6.45) is -4.59. The molecule has 1 heterocycles. The number of nitrogens with zero attached hydrogens (tertiary/aromatic N) is 2. The lowest BCUT2D eigenvalue weighted by Crippen LogP contribution is -2.21. The Kier molecular flexibility index (Phi) is 5.46. The van der Waals surface area contributed by atoms with Crippen LogP contribution in [-0.4, -0.2) is 24.1 Å². The highest BCUT2D eigenvalue weighted by Crippen LogP contribution is 2.39. The molecule has 1 unspecified atom stereocenters. The first kappa shape index (κ1) is 17.8. The topological polar surface area (TPSA) is 61.9 Å². The van der Waals surface area contributed by atoms with Crippen molar-refractivity contribution in [2.24, 2.45) is 5.10 Å². The molecule has 1 aliphatic rings. The standard InChI is InChI=1S/C16H14F3N3.CH4O/c17-16(18,19)15-10-14(11-4-2-1-3-5-11)22(21-15)13-8-6-12(20)7-9-13;1-2/h1-9,14H,10,20H2;2H,1H3. The first-order valence-electron chi connectivity index (χ1n) is 7.24. The van der Waals surface area contributed by atoms with E-state index >= 15 is 0 Å². The van der Waals surface area contributed by atoms with Crippen LogP contribution < -0.4 is 10.7 Å². The van der Waals surface area contributed by atoms with Gasteiger partial charge in [-0.15, -0.1) is 0 Å². The zero-order valence-electron chi connectivity index (χ0n) is 13.0. The first-order chi connectivity index (χ1) is 11.4. The van der Waals surface area contributed by atoms with Gasteiger partial charge in [0.05, 0.1) is 11.7 Å². The first-order valence-corrected chi connectivity index (χ1v) is 7.24. The second-order valence-electron chi connectivity index (χ2n) is 5.11. The fraction of sp³-hybridized carbons (Fsp3) is 0.235. The lowest BCUT2D eigenvalue weighted by atomic mass is 10.0. The molecule has 0 bridgehead atoms. The normalized spacial score (nSPS) is 17.1. The maximum absolute atomic E-state index is 13.0. The van der Waals surface area contributed by atoms with E-state index in [9.17, 15) is 13.2 Å². The molecule has 1 atom stereocenters. The molecule has 7 heteroatoms. The highest BCUT2D eigenvalue weighted by Gasteiger charge is 2.43. The summed E-state index contributed by atoms with van der Waals surface area (Å²) < 4.78 is 39.1. The molecule has 4 nitrogen and oxygen atoms in total. The van der Waals surface area contributed by atoms with Gasteiger partial charge < -0.3 is 10.8 Å². The number of halogens is 3. The molecule has 0 radical (unpaired) electrons. The van der Waals surface area contributed by atoms with Crippen LogP contribution >= 0.6 is 0 Å². The van der Waals surface area contributed by atoms with Crippen LogP contribution in [0.4, 0.5) is 24.5 Å². The van der Waals surface area contributed by atoms with Gasteiger partial charge in [-0.05, 0) is 29.8 Å². The molecule has 2 aromatic rings. The SMILES string of the molecule is CO.Nc1ccc(N2N=C(C(F)(F)F)CC2c2ccccc2)cc1. The minimum Gasteiger partial charge on any atom is -0.400 e. The van der Waals surface area contributed by atoms with Crippen LogP contribution in [-0.2, 0) is 0 Å². The van der Waals surface area contributed by atoms with Gasteiger partial charge in [0.25, 0.3) is 0 Å². The number of alkyl halides is 3. The van der Waals surface area contributed by atoms with Crippen molar-refractivity contribution in [1.29, 1.82) is 0 Å². The van der Waals surface area contributed by atoms with Gasteiger partial charge >= 0.3 is 6.18 Å². The van der Waals surface area contributed by atoms with Crippen molar-refractivity contribution < 1.29 is 18.3 Å². The number of nitrogens with two attached hydrogens (primary N) is 1. The Hall–Kier alpha value is -2.54. The zero-order valence-corrected chi connectivity index (χ0v) is 13.0. The Morgan fingerprint density at radius 1 is 1.04 bits per heavy atom. The van der Waals surface area contributed by atoms with Crippen molar-refractivity contribution in [2.75, 3.05) is 17.9 Å². The van der Waals surface area contributed by atoms with Gasteiger partial charge in [0.15, 0.2) is 0 Å². The Labute approximate surface area is 138 Å². The molecular formula is C17H18F3N3O. The van der Waals surface area contributed by atoms with Crippen LogP contribution in [0.5, 0.6) is 0 Å². The Balaban J connectivity index is 0.00000100. The highest BCUT2D eigenvalue weighted by molar-refractivity contribution is 5.93. The Bertz CT molecular complexity index is 684. The van der Waals surface area contributed by atoms with Gasteiger partial charge in [0, 0.05) is 19.2 Å². The monoisotopic (exact) mass is 337 g/mol. The third-order valence-electron chi connectivity index (χ3n) is 3.58. The molecule has 0 spiro atoms. The molecule has 128 valence electrons. The number of benzene rings is 2. The molecule has 3 N–H and O–H groups in total. The van der Waals surface area contributed by atoms with E-state index in [4.69, 9.17) is 10.8 Å². The fourth-order valence-electron chi connectivity index (χ4n) is 2.48. The number of aliphatic hydroxyl groups excluding tert-OH is 1. The predicted octanol–water partition coefficient (Wildman–Crippen LogP) is 3.75. The van der Waals surface area contributed by atoms with Crippen molar-refractivity contribution in [2.45, 2.75) is 18.6 Å². The molecular weight excluding hydrogens is 319 g/mol. The summed E-state index contributed by atoms with van der Waals surface area (Å²) >= 11 is 0. The van der Waals surface area contributed by atoms with Crippen LogP contribution in [0.25, 0.3) is 0 Å². The number of hydrazone groups is 1. The summed E-state index contributed by atoms with van der Waals surface area (Å²) in [6.45, 7) is 0. The van der Waals surface area contributed by atoms with Gasteiger partial charge in [0.1, 0.15) is 5.71 Å². The number of nitrogen functional groups attached to an aromatic ring is 1. The van der Waals surface area contributed by atoms with Gasteiger partial charge in [-0.25, -0.2) is 0 Å². The molecule has 3 rings (SSSR count). The summed E-state index contributed by atoms with van der Waals surface area (Å²) in [4.78, 5) is 0. The molecule has 0 fully saturated rings. The average molecular weight is 337 g/mol. The predicted molar refractivity (Wildman–Crippen MR) is 88.8 cm³/mol. The number of aliphatic hydroxyl groups is 1. The molecule has 0 aliphatic carbocycles. The maximum atomic E-state index is 13.0. The summed E-state index contributed by atoms with van der Waals surface area (Å²) in [5, 5.41) is 12.2. The van der Waals surface area contributed by atoms with E-state index in [1.165, 1.54) is 5.01 Å². The molecule has 24 heavy (non-hydrogen) atoms. The minimum absolute atomic E-state index is 0.169. The minimum atomic E-state index is -4.42. The molecule has 0 saturated carbocycles. The maximum Gasteiger partial charge on any atom is 0.431 e. The largest absolute Gasteiger partial charge is 0.431 e. The summed E-state index contributed by atoms with van der Waals surface area (Å²) in [5.41, 5.74) is 6.80. The van der Waals surface area contributed by atoms with Crippen molar-refractivity contribution in [3.05, 3.63) is 60.2 Å². The van der Waals surface area contributed by atoms with E-state index in [0.717, 1.165) is 12.7 Å². The van der Waals surface area contributed by atoms with Crippen LogP contribution in [0.2, 0.25) is 0 Å².